The molecule has 0 aromatic carbocycles. The van der Waals surface area contributed by atoms with Gasteiger partial charge in [-0.1, -0.05) is 19.3 Å². The van der Waals surface area contributed by atoms with Crippen molar-refractivity contribution >= 4 is 11.7 Å². The van der Waals surface area contributed by atoms with Crippen molar-refractivity contribution in [1.82, 2.24) is 25.1 Å². The van der Waals surface area contributed by atoms with E-state index in [4.69, 9.17) is 9.97 Å². The van der Waals surface area contributed by atoms with E-state index in [1.165, 1.54) is 19.3 Å². The molecular formula is C23H40N6O. The van der Waals surface area contributed by atoms with Gasteiger partial charge in [0.15, 0.2) is 0 Å². The molecule has 0 unspecified atom stereocenters. The summed E-state index contributed by atoms with van der Waals surface area (Å²) in [7, 11) is 5.95. The highest BCUT2D eigenvalue weighted by Gasteiger charge is 2.34. The van der Waals surface area contributed by atoms with Crippen LogP contribution in [0.4, 0.5) is 5.82 Å². The third kappa shape index (κ3) is 5.49. The van der Waals surface area contributed by atoms with Gasteiger partial charge in [-0.05, 0) is 53.1 Å². The molecule has 7 heteroatoms. The van der Waals surface area contributed by atoms with Crippen molar-refractivity contribution in [2.75, 3.05) is 39.1 Å². The molecule has 168 valence electrons. The van der Waals surface area contributed by atoms with Crippen LogP contribution in [0, 0.1) is 0 Å². The number of amides is 1. The molecule has 7 nitrogen and oxygen atoms in total. The monoisotopic (exact) mass is 416 g/mol. The summed E-state index contributed by atoms with van der Waals surface area (Å²) in [6.45, 7) is 6.42. The quantitative estimate of drug-likeness (QED) is 0.703. The first kappa shape index (κ1) is 22.9. The van der Waals surface area contributed by atoms with Crippen molar-refractivity contribution in [2.45, 2.75) is 83.5 Å². The number of hydrogen-bond acceptors (Lipinski definition) is 6. The van der Waals surface area contributed by atoms with Crippen molar-refractivity contribution in [2.24, 2.45) is 0 Å². The lowest BCUT2D eigenvalue weighted by molar-refractivity contribution is -0.137. The Morgan fingerprint density at radius 2 is 1.90 bits per heavy atom. The maximum absolute atomic E-state index is 13.4. The summed E-state index contributed by atoms with van der Waals surface area (Å²) in [5, 5.41) is 3.19. The highest BCUT2D eigenvalue weighted by atomic mass is 16.2. The largest absolute Gasteiger partial charge is 0.363 e. The normalized spacial score (nSPS) is 20.7. The van der Waals surface area contributed by atoms with Gasteiger partial charge in [-0.15, -0.1) is 0 Å². The van der Waals surface area contributed by atoms with Gasteiger partial charge in [-0.3, -0.25) is 9.69 Å². The average Bonchev–Trinajstić information content (AvgIpc) is 3.16. The molecule has 1 saturated carbocycles. The number of rotatable bonds is 8. The molecule has 1 aliphatic carbocycles. The molecule has 0 radical (unpaired) electrons. The Bertz CT molecular complexity index is 701. The Balaban J connectivity index is 1.77. The molecule has 2 fully saturated rings. The molecule has 1 atom stereocenters. The van der Waals surface area contributed by atoms with E-state index in [9.17, 15) is 4.79 Å². The zero-order valence-corrected chi connectivity index (χ0v) is 19.5. The van der Waals surface area contributed by atoms with Crippen molar-refractivity contribution in [3.8, 4) is 0 Å². The van der Waals surface area contributed by atoms with Gasteiger partial charge in [-0.25, -0.2) is 9.97 Å². The van der Waals surface area contributed by atoms with Gasteiger partial charge in [-0.2, -0.15) is 0 Å². The van der Waals surface area contributed by atoms with Gasteiger partial charge in [0.1, 0.15) is 11.6 Å². The summed E-state index contributed by atoms with van der Waals surface area (Å²) < 4.78 is 0. The van der Waals surface area contributed by atoms with Crippen LogP contribution < -0.4 is 10.2 Å². The van der Waals surface area contributed by atoms with Crippen molar-refractivity contribution in [3.63, 3.8) is 0 Å². The van der Waals surface area contributed by atoms with E-state index >= 15 is 0 Å². The summed E-state index contributed by atoms with van der Waals surface area (Å²) in [4.78, 5) is 29.6. The van der Waals surface area contributed by atoms with Crippen LogP contribution >= 0.6 is 0 Å². The van der Waals surface area contributed by atoms with Crippen LogP contribution in [0.3, 0.4) is 0 Å². The summed E-state index contributed by atoms with van der Waals surface area (Å²) in [5.41, 5.74) is 0.996. The fraction of sp³-hybridized carbons (Fsp3) is 0.783. The molecular weight excluding hydrogens is 376 g/mol. The van der Waals surface area contributed by atoms with Crippen LogP contribution in [0.5, 0.6) is 0 Å². The van der Waals surface area contributed by atoms with Crippen LogP contribution in [0.25, 0.3) is 0 Å². The van der Waals surface area contributed by atoms with Crippen molar-refractivity contribution in [3.05, 3.63) is 17.6 Å². The fourth-order valence-electron chi connectivity index (χ4n) is 4.99. The molecule has 30 heavy (non-hydrogen) atoms. The molecule has 3 rings (SSSR count). The van der Waals surface area contributed by atoms with Gasteiger partial charge in [0, 0.05) is 38.8 Å². The highest BCUT2D eigenvalue weighted by Crippen LogP contribution is 2.32. The van der Waals surface area contributed by atoms with Crippen LogP contribution in [0.1, 0.15) is 76.4 Å². The highest BCUT2D eigenvalue weighted by molar-refractivity contribution is 5.79. The topological polar surface area (TPSA) is 64.6 Å². The Morgan fingerprint density at radius 3 is 2.53 bits per heavy atom. The van der Waals surface area contributed by atoms with E-state index in [2.05, 4.69) is 29.0 Å². The van der Waals surface area contributed by atoms with E-state index in [-0.39, 0.29) is 18.0 Å². The van der Waals surface area contributed by atoms with Gasteiger partial charge >= 0.3 is 0 Å². The summed E-state index contributed by atoms with van der Waals surface area (Å²) >= 11 is 0. The molecule has 1 amide bonds. The molecule has 1 saturated heterocycles. The predicted molar refractivity (Wildman–Crippen MR) is 122 cm³/mol. The zero-order chi connectivity index (χ0) is 21.7. The second-order valence-electron chi connectivity index (χ2n) is 9.32. The molecule has 1 aromatic rings. The third-order valence-corrected chi connectivity index (χ3v) is 6.41. The maximum Gasteiger partial charge on any atom is 0.237 e. The van der Waals surface area contributed by atoms with Gasteiger partial charge in [0.2, 0.25) is 5.91 Å². The molecule has 1 aromatic heterocycles. The molecule has 2 heterocycles. The van der Waals surface area contributed by atoms with E-state index in [0.29, 0.717) is 19.1 Å². The lowest BCUT2D eigenvalue weighted by atomic mass is 9.93. The van der Waals surface area contributed by atoms with Crippen LogP contribution in [-0.4, -0.2) is 72.0 Å². The van der Waals surface area contributed by atoms with Crippen molar-refractivity contribution in [1.29, 1.82) is 0 Å². The first-order valence-corrected chi connectivity index (χ1v) is 11.7. The predicted octanol–water partition coefficient (Wildman–Crippen LogP) is 2.97. The molecule has 1 N–H and O–H groups in total. The fourth-order valence-corrected chi connectivity index (χ4v) is 4.99. The number of nitrogens with zero attached hydrogens (tertiary/aromatic N) is 5. The first-order chi connectivity index (χ1) is 14.4. The standard InChI is InChI=1S/C23H40N6O/c1-17(2)29(19-10-7-6-8-11-19)22(30)16-28-13-9-12-20(28)23-25-18(15-24-3)14-21(26-23)27(4)5/h14,17,19-20,24H,6-13,15-16H2,1-5H3/t20-/m1/s1. The molecule has 0 spiro atoms. The number of nitrogens with one attached hydrogen (secondary N) is 1. The second-order valence-corrected chi connectivity index (χ2v) is 9.32. The Kier molecular flexibility index (Phi) is 8.06. The number of carbonyl (C=O) groups is 1. The van der Waals surface area contributed by atoms with E-state index < -0.39 is 0 Å². The SMILES string of the molecule is CNCc1cc(N(C)C)nc([C@H]2CCCN2CC(=O)N(C(C)C)C2CCCCC2)n1. The Labute approximate surface area is 182 Å². The lowest BCUT2D eigenvalue weighted by Crippen LogP contribution is -2.49. The molecule has 2 aliphatic rings. The average molecular weight is 417 g/mol. The minimum Gasteiger partial charge on any atom is -0.363 e. The van der Waals surface area contributed by atoms with Crippen LogP contribution in [0.2, 0.25) is 0 Å². The Hall–Kier alpha value is -1.73. The lowest BCUT2D eigenvalue weighted by Gasteiger charge is -2.38. The van der Waals surface area contributed by atoms with Gasteiger partial charge < -0.3 is 15.1 Å². The summed E-state index contributed by atoms with van der Waals surface area (Å²) in [6, 6.07) is 2.80. The minimum atomic E-state index is 0.116. The number of hydrogen-bond donors (Lipinski definition) is 1. The second kappa shape index (κ2) is 10.5. The number of carbonyl (C=O) groups excluding carboxylic acids is 1. The maximum atomic E-state index is 13.4. The smallest absolute Gasteiger partial charge is 0.237 e. The Morgan fingerprint density at radius 1 is 1.17 bits per heavy atom. The number of likely N-dealkylation sites (tertiary alicyclic amines) is 1. The summed E-state index contributed by atoms with van der Waals surface area (Å²) in [6.07, 6.45) is 8.18. The van der Waals surface area contributed by atoms with Crippen LogP contribution in [-0.2, 0) is 11.3 Å². The van der Waals surface area contributed by atoms with E-state index in [1.54, 1.807) is 0 Å². The van der Waals surface area contributed by atoms with E-state index in [1.807, 2.05) is 32.1 Å². The summed E-state index contributed by atoms with van der Waals surface area (Å²) in [5.74, 6) is 2.04. The van der Waals surface area contributed by atoms with Crippen LogP contribution in [0.15, 0.2) is 6.07 Å². The van der Waals surface area contributed by atoms with Gasteiger partial charge in [0.05, 0.1) is 18.3 Å². The minimum absolute atomic E-state index is 0.116. The number of aromatic nitrogens is 2. The van der Waals surface area contributed by atoms with E-state index in [0.717, 1.165) is 49.6 Å². The number of anilines is 1. The third-order valence-electron chi connectivity index (χ3n) is 6.41. The van der Waals surface area contributed by atoms with Gasteiger partial charge in [0.25, 0.3) is 0 Å². The first-order valence-electron chi connectivity index (χ1n) is 11.7. The van der Waals surface area contributed by atoms with Crippen molar-refractivity contribution < 1.29 is 4.79 Å². The zero-order valence-electron chi connectivity index (χ0n) is 19.5. The molecule has 0 bridgehead atoms. The molecule has 1 aliphatic heterocycles.